The van der Waals surface area contributed by atoms with Gasteiger partial charge in [0.25, 0.3) is 0 Å². The molecule has 2 aliphatic heterocycles. The van der Waals surface area contributed by atoms with Gasteiger partial charge in [0, 0.05) is 50.2 Å². The van der Waals surface area contributed by atoms with Crippen LogP contribution in [0.3, 0.4) is 0 Å². The van der Waals surface area contributed by atoms with E-state index in [2.05, 4.69) is 22.5 Å². The average molecular weight is 381 g/mol. The predicted molar refractivity (Wildman–Crippen MR) is 105 cm³/mol. The minimum atomic E-state index is -0.841. The first kappa shape index (κ1) is 19.4. The molecule has 2 heterocycles. The normalized spacial score (nSPS) is 35.1. The first-order valence-corrected chi connectivity index (χ1v) is 10.7. The molecular formula is C20H36N4O3. The number of rotatable bonds is 6. The van der Waals surface area contributed by atoms with Crippen molar-refractivity contribution in [3.63, 3.8) is 0 Å². The summed E-state index contributed by atoms with van der Waals surface area (Å²) in [4.78, 5) is 7.02. The van der Waals surface area contributed by atoms with Crippen LogP contribution in [0.15, 0.2) is 4.99 Å². The molecule has 1 spiro atoms. The van der Waals surface area contributed by atoms with Crippen molar-refractivity contribution in [2.24, 2.45) is 16.3 Å². The monoisotopic (exact) mass is 380 g/mol. The molecule has 154 valence electrons. The number of ether oxygens (including phenoxy) is 2. The Bertz CT molecular complexity index is 543. The number of aliphatic hydroxyl groups is 1. The first-order chi connectivity index (χ1) is 13.0. The molecule has 4 fully saturated rings. The Morgan fingerprint density at radius 1 is 1.30 bits per heavy atom. The maximum Gasteiger partial charge on any atom is 0.191 e. The van der Waals surface area contributed by atoms with E-state index in [1.165, 1.54) is 19.3 Å². The third-order valence-corrected chi connectivity index (χ3v) is 6.92. The minimum Gasteiger partial charge on any atom is -0.387 e. The number of hydrogen-bond donors (Lipinski definition) is 3. The zero-order valence-corrected chi connectivity index (χ0v) is 16.9. The lowest BCUT2D eigenvalue weighted by Crippen LogP contribution is -2.72. The van der Waals surface area contributed by atoms with E-state index in [4.69, 9.17) is 14.5 Å². The van der Waals surface area contributed by atoms with Gasteiger partial charge in [-0.1, -0.05) is 6.42 Å². The molecule has 3 N–H and O–H groups in total. The number of hydrogen-bond acceptors (Lipinski definition) is 5. The lowest BCUT2D eigenvalue weighted by atomic mass is 9.46. The van der Waals surface area contributed by atoms with Gasteiger partial charge < -0.3 is 25.2 Å². The molecule has 7 heteroatoms. The molecule has 4 atom stereocenters. The number of β-amino-alcohol motifs (C(OH)–C–C–N with tert-alkyl or cyclic N) is 1. The molecule has 4 aliphatic rings. The molecular weight excluding hydrogens is 344 g/mol. The second-order valence-corrected chi connectivity index (χ2v) is 9.03. The topological polar surface area (TPSA) is 78.4 Å². The Hall–Kier alpha value is -0.890. The van der Waals surface area contributed by atoms with Crippen LogP contribution >= 0.6 is 0 Å². The van der Waals surface area contributed by atoms with Crippen molar-refractivity contribution in [1.82, 2.24) is 15.5 Å². The first-order valence-electron chi connectivity index (χ1n) is 10.7. The quantitative estimate of drug-likeness (QED) is 0.462. The summed E-state index contributed by atoms with van der Waals surface area (Å²) in [6.07, 6.45) is 5.45. The van der Waals surface area contributed by atoms with Crippen LogP contribution in [-0.2, 0) is 9.47 Å². The van der Waals surface area contributed by atoms with E-state index in [0.29, 0.717) is 36.6 Å². The van der Waals surface area contributed by atoms with Crippen LogP contribution in [0, 0.1) is 11.3 Å². The molecule has 0 aromatic rings. The Morgan fingerprint density at radius 3 is 2.74 bits per heavy atom. The minimum absolute atomic E-state index is 0.327. The summed E-state index contributed by atoms with van der Waals surface area (Å²) in [5.41, 5.74) is -0.514. The van der Waals surface area contributed by atoms with Gasteiger partial charge in [0.15, 0.2) is 5.96 Å². The largest absolute Gasteiger partial charge is 0.387 e. The van der Waals surface area contributed by atoms with Crippen LogP contribution in [0.25, 0.3) is 0 Å². The van der Waals surface area contributed by atoms with E-state index in [1.54, 1.807) is 0 Å². The summed E-state index contributed by atoms with van der Waals surface area (Å²) in [6.45, 7) is 9.97. The summed E-state index contributed by atoms with van der Waals surface area (Å²) in [7, 11) is 0. The van der Waals surface area contributed by atoms with Gasteiger partial charge in [-0.15, -0.1) is 0 Å². The van der Waals surface area contributed by atoms with Crippen LogP contribution in [0.2, 0.25) is 0 Å². The van der Waals surface area contributed by atoms with Crippen molar-refractivity contribution >= 4 is 5.96 Å². The Kier molecular flexibility index (Phi) is 5.65. The standard InChI is InChI=1S/C20H36N4O3/c1-3-21-18(22-13-19(2,25)14-24-8-11-26-12-9-24)23-16-15-5-10-27-17(15)20(16)6-4-7-20/h15-17,25H,3-14H2,1-2H3,(H2,21,22,23). The highest BCUT2D eigenvalue weighted by molar-refractivity contribution is 5.80. The van der Waals surface area contributed by atoms with E-state index >= 15 is 0 Å². The van der Waals surface area contributed by atoms with E-state index in [9.17, 15) is 5.11 Å². The van der Waals surface area contributed by atoms with Gasteiger partial charge >= 0.3 is 0 Å². The summed E-state index contributed by atoms with van der Waals surface area (Å²) in [5, 5.41) is 17.9. The van der Waals surface area contributed by atoms with Crippen LogP contribution in [0.4, 0.5) is 0 Å². The van der Waals surface area contributed by atoms with Gasteiger partial charge in [0.2, 0.25) is 0 Å². The lowest BCUT2D eigenvalue weighted by Gasteiger charge is -2.63. The van der Waals surface area contributed by atoms with Crippen LogP contribution < -0.4 is 10.6 Å². The molecule has 2 saturated heterocycles. The molecule has 0 amide bonds. The molecule has 2 saturated carbocycles. The van der Waals surface area contributed by atoms with E-state index in [-0.39, 0.29) is 0 Å². The zero-order chi connectivity index (χ0) is 18.9. The van der Waals surface area contributed by atoms with Crippen molar-refractivity contribution in [3.8, 4) is 0 Å². The second-order valence-electron chi connectivity index (χ2n) is 9.03. The number of fused-ring (bicyclic) bond motifs is 2. The fourth-order valence-electron chi connectivity index (χ4n) is 5.46. The Morgan fingerprint density at radius 2 is 2.07 bits per heavy atom. The highest BCUT2D eigenvalue weighted by Crippen LogP contribution is 2.62. The van der Waals surface area contributed by atoms with Crippen molar-refractivity contribution in [1.29, 1.82) is 0 Å². The van der Waals surface area contributed by atoms with E-state index in [1.807, 2.05) is 6.92 Å². The number of morpholine rings is 1. The maximum absolute atomic E-state index is 10.8. The van der Waals surface area contributed by atoms with Crippen molar-refractivity contribution in [2.45, 2.75) is 57.3 Å². The molecule has 0 radical (unpaired) electrons. The summed E-state index contributed by atoms with van der Waals surface area (Å²) < 4.78 is 11.4. The van der Waals surface area contributed by atoms with E-state index < -0.39 is 5.60 Å². The third-order valence-electron chi connectivity index (χ3n) is 6.92. The van der Waals surface area contributed by atoms with Gasteiger partial charge in [-0.25, -0.2) is 0 Å². The van der Waals surface area contributed by atoms with Crippen molar-refractivity contribution < 1.29 is 14.6 Å². The summed E-state index contributed by atoms with van der Waals surface area (Å²) >= 11 is 0. The molecule has 0 bridgehead atoms. The average Bonchev–Trinajstić information content (AvgIpc) is 3.01. The smallest absolute Gasteiger partial charge is 0.191 e. The highest BCUT2D eigenvalue weighted by atomic mass is 16.5. The summed E-state index contributed by atoms with van der Waals surface area (Å²) in [6, 6.07) is 0.459. The number of aliphatic imine (C=N–C) groups is 1. The third kappa shape index (κ3) is 3.84. The SMILES string of the molecule is CCNC(=NCC(C)(O)CN1CCOCC1)NC1C2CCOC2C12CCC2. The number of guanidine groups is 1. The molecule has 0 aromatic heterocycles. The van der Waals surface area contributed by atoms with Gasteiger partial charge in [-0.05, 0) is 33.1 Å². The lowest BCUT2D eigenvalue weighted by molar-refractivity contribution is -0.171. The molecule has 4 rings (SSSR count). The van der Waals surface area contributed by atoms with Crippen molar-refractivity contribution in [3.05, 3.63) is 0 Å². The van der Waals surface area contributed by atoms with Gasteiger partial charge in [-0.2, -0.15) is 0 Å². The predicted octanol–water partition coefficient (Wildman–Crippen LogP) is 0.582. The van der Waals surface area contributed by atoms with Crippen LogP contribution in [0.5, 0.6) is 0 Å². The second kappa shape index (κ2) is 7.85. The van der Waals surface area contributed by atoms with Crippen molar-refractivity contribution in [2.75, 3.05) is 52.5 Å². The van der Waals surface area contributed by atoms with Gasteiger partial charge in [0.1, 0.15) is 0 Å². The molecule has 4 unspecified atom stereocenters. The molecule has 0 aromatic carbocycles. The molecule has 7 nitrogen and oxygen atoms in total. The maximum atomic E-state index is 10.8. The zero-order valence-electron chi connectivity index (χ0n) is 16.9. The number of nitrogens with one attached hydrogen (secondary N) is 2. The van der Waals surface area contributed by atoms with Crippen LogP contribution in [-0.4, -0.2) is 86.3 Å². The fourth-order valence-corrected chi connectivity index (χ4v) is 5.46. The van der Waals surface area contributed by atoms with Crippen LogP contribution in [0.1, 0.15) is 39.5 Å². The Balaban J connectivity index is 1.36. The van der Waals surface area contributed by atoms with E-state index in [0.717, 1.165) is 51.8 Å². The van der Waals surface area contributed by atoms with Gasteiger partial charge in [-0.3, -0.25) is 9.89 Å². The summed E-state index contributed by atoms with van der Waals surface area (Å²) in [5.74, 6) is 1.45. The molecule has 2 aliphatic carbocycles. The fraction of sp³-hybridized carbons (Fsp3) is 0.950. The van der Waals surface area contributed by atoms with Gasteiger partial charge in [0.05, 0.1) is 31.5 Å². The number of nitrogens with zero attached hydrogens (tertiary/aromatic N) is 2. The molecule has 27 heavy (non-hydrogen) atoms. The Labute approximate surface area is 162 Å². The highest BCUT2D eigenvalue weighted by Gasteiger charge is 2.66.